The molecule has 0 atom stereocenters. The van der Waals surface area contributed by atoms with Gasteiger partial charge < -0.3 is 4.42 Å². The molecule has 0 aliphatic rings. The number of rotatable bonds is 2. The highest BCUT2D eigenvalue weighted by Crippen LogP contribution is 2.44. The Bertz CT molecular complexity index is 2490. The second kappa shape index (κ2) is 7.81. The van der Waals surface area contributed by atoms with Crippen molar-refractivity contribution in [3.05, 3.63) is 133 Å². The fraction of sp³-hybridized carbons (Fsp3) is 0. The predicted octanol–water partition coefficient (Wildman–Crippen LogP) is 10.4. The van der Waals surface area contributed by atoms with E-state index < -0.39 is 24.2 Å². The highest BCUT2D eigenvalue weighted by molar-refractivity contribution is 6.22. The van der Waals surface area contributed by atoms with Crippen LogP contribution in [0.15, 0.2) is 138 Å². The van der Waals surface area contributed by atoms with Gasteiger partial charge in [0.05, 0.1) is 11.0 Å². The van der Waals surface area contributed by atoms with Gasteiger partial charge in [0.1, 0.15) is 11.2 Å². The Hall–Kier alpha value is -4.88. The third kappa shape index (κ3) is 2.98. The standard InChI is InChI=1S/C36H22O/c1-2-11-24(12-3-1)34-28-14-6-8-16-30(28)35(31-17-9-7-15-29(31)34)25-19-20-27-32-21-18-23-10-4-5-13-26(23)36(32)37-33(27)22-25/h1-22H/i6D,7D,8D,9D,14D,15D,16D,17D. The van der Waals surface area contributed by atoms with Gasteiger partial charge >= 0.3 is 0 Å². The summed E-state index contributed by atoms with van der Waals surface area (Å²) in [6, 6.07) is 23.6. The molecular weight excluding hydrogens is 448 g/mol. The minimum absolute atomic E-state index is 0.179. The minimum atomic E-state index is -0.427. The lowest BCUT2D eigenvalue weighted by Gasteiger charge is -2.17. The van der Waals surface area contributed by atoms with E-state index >= 15 is 0 Å². The van der Waals surface area contributed by atoms with Crippen molar-refractivity contribution in [2.45, 2.75) is 0 Å². The molecule has 0 amide bonds. The van der Waals surface area contributed by atoms with Gasteiger partial charge in [0, 0.05) is 16.2 Å². The first-order valence-corrected chi connectivity index (χ1v) is 12.0. The fourth-order valence-electron chi connectivity index (χ4n) is 5.47. The van der Waals surface area contributed by atoms with Gasteiger partial charge in [-0.2, -0.15) is 0 Å². The molecule has 0 saturated heterocycles. The molecule has 1 heterocycles. The van der Waals surface area contributed by atoms with Crippen molar-refractivity contribution in [2.24, 2.45) is 0 Å². The Labute approximate surface area is 225 Å². The summed E-state index contributed by atoms with van der Waals surface area (Å²) in [4.78, 5) is 0. The van der Waals surface area contributed by atoms with E-state index in [2.05, 4.69) is 0 Å². The van der Waals surface area contributed by atoms with Gasteiger partial charge in [-0.05, 0) is 67.4 Å². The summed E-state index contributed by atoms with van der Waals surface area (Å²) in [5.74, 6) is 0. The van der Waals surface area contributed by atoms with Crippen molar-refractivity contribution < 1.29 is 15.4 Å². The number of furan rings is 1. The quantitative estimate of drug-likeness (QED) is 0.225. The Morgan fingerprint density at radius 3 is 1.76 bits per heavy atom. The topological polar surface area (TPSA) is 13.1 Å². The highest BCUT2D eigenvalue weighted by Gasteiger charge is 2.18. The largest absolute Gasteiger partial charge is 0.455 e. The van der Waals surface area contributed by atoms with E-state index in [1.165, 1.54) is 0 Å². The molecule has 0 saturated carbocycles. The van der Waals surface area contributed by atoms with E-state index in [-0.39, 0.29) is 45.7 Å². The van der Waals surface area contributed by atoms with Gasteiger partial charge in [0.2, 0.25) is 0 Å². The fourth-order valence-corrected chi connectivity index (χ4v) is 5.47. The van der Waals surface area contributed by atoms with Crippen LogP contribution in [0.25, 0.3) is 76.5 Å². The lowest BCUT2D eigenvalue weighted by atomic mass is 9.86. The first-order chi connectivity index (χ1) is 21.7. The second-order valence-corrected chi connectivity index (χ2v) is 9.09. The summed E-state index contributed by atoms with van der Waals surface area (Å²) in [5, 5.41) is 4.51. The summed E-state index contributed by atoms with van der Waals surface area (Å²) >= 11 is 0. The maximum atomic E-state index is 9.11. The Balaban J connectivity index is 1.62. The van der Waals surface area contributed by atoms with E-state index in [4.69, 9.17) is 15.4 Å². The number of benzene rings is 7. The minimum Gasteiger partial charge on any atom is -0.455 e. The molecule has 0 bridgehead atoms. The smallest absolute Gasteiger partial charge is 0.143 e. The van der Waals surface area contributed by atoms with Crippen LogP contribution in [0.3, 0.4) is 0 Å². The summed E-state index contributed by atoms with van der Waals surface area (Å²) in [5.41, 5.74) is 2.99. The molecule has 0 spiro atoms. The van der Waals surface area contributed by atoms with Gasteiger partial charge in [-0.1, -0.05) is 115 Å². The Morgan fingerprint density at radius 2 is 1.05 bits per heavy atom. The van der Waals surface area contributed by atoms with E-state index in [9.17, 15) is 0 Å². The van der Waals surface area contributed by atoms with Crippen LogP contribution in [-0.4, -0.2) is 0 Å². The van der Waals surface area contributed by atoms with Crippen LogP contribution in [-0.2, 0) is 0 Å². The normalized spacial score (nSPS) is 14.8. The zero-order valence-corrected chi connectivity index (χ0v) is 19.5. The summed E-state index contributed by atoms with van der Waals surface area (Å²) in [6.45, 7) is 0. The van der Waals surface area contributed by atoms with Gasteiger partial charge in [-0.3, -0.25) is 0 Å². The molecule has 1 nitrogen and oxygen atoms in total. The van der Waals surface area contributed by atoms with E-state index in [1.807, 2.05) is 54.6 Å². The third-order valence-electron chi connectivity index (χ3n) is 7.09. The Kier molecular flexibility index (Phi) is 2.96. The van der Waals surface area contributed by atoms with E-state index in [0.717, 1.165) is 27.1 Å². The van der Waals surface area contributed by atoms with E-state index in [0.29, 0.717) is 27.8 Å². The maximum absolute atomic E-state index is 9.11. The molecule has 7 aromatic carbocycles. The average molecular weight is 479 g/mol. The van der Waals surface area contributed by atoms with Crippen LogP contribution in [0.4, 0.5) is 0 Å². The van der Waals surface area contributed by atoms with Gasteiger partial charge in [0.25, 0.3) is 0 Å². The lowest BCUT2D eigenvalue weighted by molar-refractivity contribution is 0.673. The SMILES string of the molecule is [2H]c1c([2H])c([2H])c2c(-c3ccc4c(c3)oc3c5ccccc5ccc43)c3c([2H])c([2H])c([2H])c([2H])c3c(-c3ccccc3)c2c1[2H]. The van der Waals surface area contributed by atoms with Crippen LogP contribution in [0, 0.1) is 0 Å². The van der Waals surface area contributed by atoms with E-state index in [1.54, 1.807) is 30.3 Å². The molecule has 8 rings (SSSR count). The number of fused-ring (bicyclic) bond motifs is 7. The highest BCUT2D eigenvalue weighted by atomic mass is 16.3. The third-order valence-corrected chi connectivity index (χ3v) is 7.09. The molecule has 0 unspecified atom stereocenters. The van der Waals surface area contributed by atoms with Crippen LogP contribution in [0.5, 0.6) is 0 Å². The Morgan fingerprint density at radius 1 is 0.459 bits per heavy atom. The molecule has 0 aliphatic heterocycles. The average Bonchev–Trinajstić information content (AvgIpc) is 3.45. The molecule has 0 radical (unpaired) electrons. The zero-order chi connectivity index (χ0) is 31.3. The zero-order valence-electron chi connectivity index (χ0n) is 27.5. The van der Waals surface area contributed by atoms with Gasteiger partial charge in [-0.15, -0.1) is 0 Å². The van der Waals surface area contributed by atoms with Crippen molar-refractivity contribution in [2.75, 3.05) is 0 Å². The summed E-state index contributed by atoms with van der Waals surface area (Å²) in [7, 11) is 0. The van der Waals surface area contributed by atoms with Crippen LogP contribution >= 0.6 is 0 Å². The monoisotopic (exact) mass is 478 g/mol. The van der Waals surface area contributed by atoms with Crippen molar-refractivity contribution in [1.29, 1.82) is 0 Å². The van der Waals surface area contributed by atoms with Crippen LogP contribution in [0.1, 0.15) is 11.0 Å². The predicted molar refractivity (Wildman–Crippen MR) is 157 cm³/mol. The van der Waals surface area contributed by atoms with Crippen molar-refractivity contribution in [3.8, 4) is 22.3 Å². The maximum Gasteiger partial charge on any atom is 0.143 e. The summed E-state index contributed by atoms with van der Waals surface area (Å²) < 4.78 is 77.1. The van der Waals surface area contributed by atoms with Gasteiger partial charge in [0.15, 0.2) is 0 Å². The molecule has 37 heavy (non-hydrogen) atoms. The molecule has 0 N–H and O–H groups in total. The molecule has 172 valence electrons. The van der Waals surface area contributed by atoms with Crippen LogP contribution in [0.2, 0.25) is 0 Å². The van der Waals surface area contributed by atoms with Crippen molar-refractivity contribution in [3.63, 3.8) is 0 Å². The van der Waals surface area contributed by atoms with Crippen LogP contribution < -0.4 is 0 Å². The number of hydrogen-bond acceptors (Lipinski definition) is 1. The molecule has 8 aromatic rings. The first kappa shape index (κ1) is 14.0. The second-order valence-electron chi connectivity index (χ2n) is 9.09. The van der Waals surface area contributed by atoms with Gasteiger partial charge in [-0.25, -0.2) is 0 Å². The molecular formula is C36H22O. The molecule has 0 aliphatic carbocycles. The lowest BCUT2D eigenvalue weighted by Crippen LogP contribution is -1.90. The van der Waals surface area contributed by atoms with Crippen molar-refractivity contribution >= 4 is 54.3 Å². The molecule has 1 aromatic heterocycles. The first-order valence-electron chi connectivity index (χ1n) is 16.0. The molecule has 1 heteroatoms. The van der Waals surface area contributed by atoms with Crippen molar-refractivity contribution in [1.82, 2.24) is 0 Å². The molecule has 0 fully saturated rings. The summed E-state index contributed by atoms with van der Waals surface area (Å²) in [6.07, 6.45) is 0. The number of hydrogen-bond donors (Lipinski definition) is 0.